The lowest BCUT2D eigenvalue weighted by Crippen LogP contribution is -2.43. The van der Waals surface area contributed by atoms with Gasteiger partial charge in [-0.1, -0.05) is 23.7 Å². The zero-order valence-corrected chi connectivity index (χ0v) is 14.7. The van der Waals surface area contributed by atoms with E-state index in [0.29, 0.717) is 17.6 Å². The zero-order valence-electron chi connectivity index (χ0n) is 13.9. The summed E-state index contributed by atoms with van der Waals surface area (Å²) < 4.78 is 9.88. The van der Waals surface area contributed by atoms with Crippen LogP contribution in [-0.4, -0.2) is 37.3 Å². The van der Waals surface area contributed by atoms with Crippen molar-refractivity contribution in [3.8, 4) is 5.75 Å². The van der Waals surface area contributed by atoms with Crippen LogP contribution in [0.3, 0.4) is 0 Å². The number of hydrazine groups is 1. The lowest BCUT2D eigenvalue weighted by molar-refractivity contribution is -0.150. The number of esters is 1. The third-order valence-corrected chi connectivity index (χ3v) is 3.50. The summed E-state index contributed by atoms with van der Waals surface area (Å²) in [4.78, 5) is 45.6. The molecule has 0 aliphatic carbocycles. The smallest absolute Gasteiger partial charge is 0.344 e. The van der Waals surface area contributed by atoms with E-state index in [1.54, 1.807) is 12.1 Å². The fourth-order valence-corrected chi connectivity index (χ4v) is 2.07. The van der Waals surface area contributed by atoms with Gasteiger partial charge in [0.05, 0.1) is 10.6 Å². The van der Waals surface area contributed by atoms with Gasteiger partial charge in [-0.25, -0.2) is 4.79 Å². The zero-order chi connectivity index (χ0) is 19.6. The summed E-state index contributed by atoms with van der Waals surface area (Å²) in [5, 5.41) is 0.231. The summed E-state index contributed by atoms with van der Waals surface area (Å²) in [6.07, 6.45) is 0.682. The Morgan fingerprint density at radius 3 is 2.33 bits per heavy atom. The Kier molecular flexibility index (Phi) is 7.33. The molecule has 2 rings (SSSR count). The van der Waals surface area contributed by atoms with Gasteiger partial charge < -0.3 is 9.47 Å². The van der Waals surface area contributed by atoms with E-state index in [1.807, 2.05) is 0 Å². The van der Waals surface area contributed by atoms with Gasteiger partial charge in [0.2, 0.25) is 0 Å². The van der Waals surface area contributed by atoms with E-state index in [0.717, 1.165) is 0 Å². The van der Waals surface area contributed by atoms with Gasteiger partial charge >= 0.3 is 5.97 Å². The molecule has 8 nitrogen and oxygen atoms in total. The topological polar surface area (TPSA) is 111 Å². The van der Waals surface area contributed by atoms with Crippen LogP contribution >= 0.6 is 11.6 Å². The number of benzene rings is 2. The summed E-state index contributed by atoms with van der Waals surface area (Å²) in [6.45, 7) is -1.02. The van der Waals surface area contributed by atoms with E-state index in [9.17, 15) is 19.2 Å². The maximum atomic E-state index is 11.9. The molecule has 0 atom stereocenters. The third kappa shape index (κ3) is 6.44. The van der Waals surface area contributed by atoms with E-state index in [4.69, 9.17) is 21.1 Å². The maximum absolute atomic E-state index is 11.9. The lowest BCUT2D eigenvalue weighted by Gasteiger charge is -2.09. The molecular formula is C18H15ClN2O6. The van der Waals surface area contributed by atoms with Crippen LogP contribution in [0.4, 0.5) is 0 Å². The second-order valence-electron chi connectivity index (χ2n) is 5.12. The quantitative estimate of drug-likeness (QED) is 0.421. The summed E-state index contributed by atoms with van der Waals surface area (Å²) in [5.41, 5.74) is 4.92. The molecule has 0 spiro atoms. The first-order chi connectivity index (χ1) is 13.0. The Hall–Kier alpha value is -3.39. The standard InChI is InChI=1S/C18H15ClN2O6/c19-15-4-2-1-3-14(15)18(25)21-20-16(23)10-27-17(24)11-26-13-7-5-12(9-22)6-8-13/h1-9H,10-11H2,(H,20,23)(H,21,25). The minimum Gasteiger partial charge on any atom is -0.482 e. The fourth-order valence-electron chi connectivity index (χ4n) is 1.85. The third-order valence-electron chi connectivity index (χ3n) is 3.17. The molecule has 0 aliphatic rings. The molecule has 0 unspecified atom stereocenters. The van der Waals surface area contributed by atoms with Gasteiger partial charge in [-0.05, 0) is 36.4 Å². The number of nitrogens with one attached hydrogen (secondary N) is 2. The van der Waals surface area contributed by atoms with E-state index in [1.165, 1.54) is 36.4 Å². The van der Waals surface area contributed by atoms with Gasteiger partial charge in [-0.2, -0.15) is 0 Å². The monoisotopic (exact) mass is 390 g/mol. The minimum atomic E-state index is -0.776. The van der Waals surface area contributed by atoms with Crippen LogP contribution in [0.5, 0.6) is 5.75 Å². The number of hydrogen-bond donors (Lipinski definition) is 2. The maximum Gasteiger partial charge on any atom is 0.344 e. The Bertz CT molecular complexity index is 838. The predicted octanol–water partition coefficient (Wildman–Crippen LogP) is 1.54. The summed E-state index contributed by atoms with van der Waals surface area (Å²) >= 11 is 5.87. The van der Waals surface area contributed by atoms with Crippen molar-refractivity contribution >= 4 is 35.7 Å². The highest BCUT2D eigenvalue weighted by molar-refractivity contribution is 6.33. The van der Waals surface area contributed by atoms with Crippen LogP contribution in [0.2, 0.25) is 5.02 Å². The van der Waals surface area contributed by atoms with Crippen LogP contribution in [0.1, 0.15) is 20.7 Å². The molecule has 0 aromatic heterocycles. The van der Waals surface area contributed by atoms with E-state index in [2.05, 4.69) is 10.9 Å². The average Bonchev–Trinajstić information content (AvgIpc) is 2.69. The normalized spacial score (nSPS) is 9.81. The summed E-state index contributed by atoms with van der Waals surface area (Å²) in [5.74, 6) is -1.75. The van der Waals surface area contributed by atoms with Gasteiger partial charge in [-0.15, -0.1) is 0 Å². The van der Waals surface area contributed by atoms with Crippen molar-refractivity contribution in [3.63, 3.8) is 0 Å². The molecule has 0 heterocycles. The number of rotatable bonds is 7. The summed E-state index contributed by atoms with van der Waals surface area (Å²) in [6, 6.07) is 12.4. The number of ether oxygens (including phenoxy) is 2. The number of aldehydes is 1. The second kappa shape index (κ2) is 9.93. The van der Waals surface area contributed by atoms with Crippen molar-refractivity contribution in [2.45, 2.75) is 0 Å². The first kappa shape index (κ1) is 19.9. The highest BCUT2D eigenvalue weighted by Gasteiger charge is 2.12. The van der Waals surface area contributed by atoms with Crippen molar-refractivity contribution < 1.29 is 28.7 Å². The van der Waals surface area contributed by atoms with Crippen LogP contribution in [0.15, 0.2) is 48.5 Å². The highest BCUT2D eigenvalue weighted by Crippen LogP contribution is 2.14. The largest absolute Gasteiger partial charge is 0.482 e. The molecule has 0 saturated carbocycles. The van der Waals surface area contributed by atoms with Gasteiger partial charge in [0.1, 0.15) is 12.0 Å². The molecule has 2 N–H and O–H groups in total. The van der Waals surface area contributed by atoms with Crippen molar-refractivity contribution in [1.82, 2.24) is 10.9 Å². The number of amides is 2. The first-order valence-corrected chi connectivity index (χ1v) is 8.05. The first-order valence-electron chi connectivity index (χ1n) is 7.67. The van der Waals surface area contributed by atoms with E-state index >= 15 is 0 Å². The molecule has 0 radical (unpaired) electrons. The predicted molar refractivity (Wildman–Crippen MR) is 95.3 cm³/mol. The Balaban J connectivity index is 1.68. The molecule has 2 aromatic rings. The highest BCUT2D eigenvalue weighted by atomic mass is 35.5. The van der Waals surface area contributed by atoms with Crippen molar-refractivity contribution in [1.29, 1.82) is 0 Å². The van der Waals surface area contributed by atoms with Crippen LogP contribution in [0.25, 0.3) is 0 Å². The molecule has 2 amide bonds. The second-order valence-corrected chi connectivity index (χ2v) is 5.53. The molecule has 0 fully saturated rings. The molecule has 0 aliphatic heterocycles. The number of carbonyl (C=O) groups excluding carboxylic acids is 4. The average molecular weight is 391 g/mol. The van der Waals surface area contributed by atoms with Gasteiger partial charge in [-0.3, -0.25) is 25.2 Å². The van der Waals surface area contributed by atoms with E-state index < -0.39 is 31.0 Å². The summed E-state index contributed by atoms with van der Waals surface area (Å²) in [7, 11) is 0. The van der Waals surface area contributed by atoms with Crippen LogP contribution in [0, 0.1) is 0 Å². The number of halogens is 1. The molecule has 0 saturated heterocycles. The van der Waals surface area contributed by atoms with Crippen molar-refractivity contribution in [2.75, 3.05) is 13.2 Å². The van der Waals surface area contributed by atoms with Crippen LogP contribution in [-0.2, 0) is 14.3 Å². The minimum absolute atomic E-state index is 0.186. The number of hydrogen-bond acceptors (Lipinski definition) is 6. The molecule has 9 heteroatoms. The van der Waals surface area contributed by atoms with Gasteiger partial charge in [0.15, 0.2) is 13.2 Å². The Morgan fingerprint density at radius 2 is 1.67 bits per heavy atom. The molecule has 27 heavy (non-hydrogen) atoms. The van der Waals surface area contributed by atoms with Gasteiger partial charge in [0.25, 0.3) is 11.8 Å². The fraction of sp³-hybridized carbons (Fsp3) is 0.111. The van der Waals surface area contributed by atoms with Crippen LogP contribution < -0.4 is 15.6 Å². The molecule has 140 valence electrons. The SMILES string of the molecule is O=Cc1ccc(OCC(=O)OCC(=O)NNC(=O)c2ccccc2Cl)cc1. The lowest BCUT2D eigenvalue weighted by atomic mass is 10.2. The molecular weight excluding hydrogens is 376 g/mol. The van der Waals surface area contributed by atoms with Gasteiger partial charge in [0, 0.05) is 5.56 Å². The Labute approximate surface area is 159 Å². The molecule has 2 aromatic carbocycles. The van der Waals surface area contributed by atoms with E-state index in [-0.39, 0.29) is 10.6 Å². The van der Waals surface area contributed by atoms with Crippen molar-refractivity contribution in [3.05, 3.63) is 64.7 Å². The Morgan fingerprint density at radius 1 is 0.963 bits per heavy atom. The van der Waals surface area contributed by atoms with Crippen molar-refractivity contribution in [2.24, 2.45) is 0 Å². The number of carbonyl (C=O) groups is 4. The molecule has 0 bridgehead atoms.